The normalized spacial score (nSPS) is 25.5. The molecule has 0 aromatic carbocycles. The van der Waals surface area contributed by atoms with Crippen molar-refractivity contribution in [3.8, 4) is 0 Å². The lowest BCUT2D eigenvalue weighted by Gasteiger charge is -2.35. The Morgan fingerprint density at radius 1 is 1.33 bits per heavy atom. The van der Waals surface area contributed by atoms with Gasteiger partial charge >= 0.3 is 0 Å². The average molecular weight is 331 g/mol. The minimum absolute atomic E-state index is 0.183. The lowest BCUT2D eigenvalue weighted by molar-refractivity contribution is -0.122. The molecule has 2 N–H and O–H groups in total. The van der Waals surface area contributed by atoms with Gasteiger partial charge in [0.15, 0.2) is 0 Å². The van der Waals surface area contributed by atoms with E-state index in [1.54, 1.807) is 0 Å². The highest BCUT2D eigenvalue weighted by Crippen LogP contribution is 2.13. The Labute approximate surface area is 144 Å². The summed E-state index contributed by atoms with van der Waals surface area (Å²) < 4.78 is 0. The van der Waals surface area contributed by atoms with Crippen molar-refractivity contribution in [1.29, 1.82) is 0 Å². The highest BCUT2D eigenvalue weighted by molar-refractivity contribution is 5.76. The second kappa shape index (κ2) is 8.44. The molecule has 2 aliphatic heterocycles. The number of anilines is 1. The largest absolute Gasteiger partial charge is 0.354 e. The Kier molecular flexibility index (Phi) is 6.04. The Morgan fingerprint density at radius 2 is 2.17 bits per heavy atom. The van der Waals surface area contributed by atoms with Crippen LogP contribution in [0.4, 0.5) is 5.82 Å². The number of nitrogens with zero attached hydrogens (tertiary/aromatic N) is 3. The van der Waals surface area contributed by atoms with Crippen LogP contribution in [0.2, 0.25) is 0 Å². The summed E-state index contributed by atoms with van der Waals surface area (Å²) in [6, 6.07) is 6.32. The zero-order valence-electron chi connectivity index (χ0n) is 14.6. The molecule has 3 rings (SSSR count). The van der Waals surface area contributed by atoms with Crippen LogP contribution in [0.3, 0.4) is 0 Å². The average Bonchev–Trinajstić information content (AvgIpc) is 2.63. The summed E-state index contributed by atoms with van der Waals surface area (Å²) >= 11 is 0. The van der Waals surface area contributed by atoms with Crippen molar-refractivity contribution in [3.05, 3.63) is 24.4 Å². The van der Waals surface area contributed by atoms with Crippen molar-refractivity contribution in [2.24, 2.45) is 5.92 Å². The maximum absolute atomic E-state index is 12.2. The first-order valence-corrected chi connectivity index (χ1v) is 9.11. The minimum atomic E-state index is 0.183. The van der Waals surface area contributed by atoms with Crippen LogP contribution in [0.25, 0.3) is 0 Å². The third kappa shape index (κ3) is 4.68. The summed E-state index contributed by atoms with van der Waals surface area (Å²) in [6.45, 7) is 8.96. The van der Waals surface area contributed by atoms with Crippen LogP contribution in [-0.4, -0.2) is 67.6 Å². The topological polar surface area (TPSA) is 60.5 Å². The zero-order chi connectivity index (χ0) is 16.8. The van der Waals surface area contributed by atoms with E-state index in [2.05, 4.69) is 38.4 Å². The molecule has 24 heavy (non-hydrogen) atoms. The van der Waals surface area contributed by atoms with Crippen LogP contribution < -0.4 is 15.5 Å². The second-order valence-electron chi connectivity index (χ2n) is 6.91. The van der Waals surface area contributed by atoms with E-state index in [1.807, 2.05) is 18.3 Å². The number of amides is 1. The smallest absolute Gasteiger partial charge is 0.221 e. The van der Waals surface area contributed by atoms with Crippen molar-refractivity contribution in [1.82, 2.24) is 20.5 Å². The van der Waals surface area contributed by atoms with Gasteiger partial charge in [0.25, 0.3) is 0 Å². The Balaban J connectivity index is 1.36. The number of aromatic nitrogens is 1. The number of hydrogen-bond donors (Lipinski definition) is 2. The molecule has 0 aliphatic carbocycles. The molecule has 2 unspecified atom stereocenters. The van der Waals surface area contributed by atoms with Gasteiger partial charge in [0.2, 0.25) is 5.91 Å². The summed E-state index contributed by atoms with van der Waals surface area (Å²) in [4.78, 5) is 21.3. The minimum Gasteiger partial charge on any atom is -0.354 e. The van der Waals surface area contributed by atoms with Crippen LogP contribution in [0.5, 0.6) is 0 Å². The van der Waals surface area contributed by atoms with E-state index in [1.165, 1.54) is 0 Å². The van der Waals surface area contributed by atoms with Gasteiger partial charge in [-0.1, -0.05) is 13.0 Å². The summed E-state index contributed by atoms with van der Waals surface area (Å²) in [7, 11) is 0. The summed E-state index contributed by atoms with van der Waals surface area (Å²) in [5.74, 6) is 1.80. The molecule has 0 bridgehead atoms. The first-order chi connectivity index (χ1) is 11.7. The standard InChI is InChI=1S/C18H29N5O/c1-15-5-8-19-14-16(15)21-18(24)6-9-22-10-12-23(13-11-22)17-4-2-3-7-20-17/h2-4,7,15-16,19H,5-6,8-14H2,1H3,(H,21,24). The van der Waals surface area contributed by atoms with E-state index in [0.717, 1.165) is 58.1 Å². The maximum atomic E-state index is 12.2. The van der Waals surface area contributed by atoms with Gasteiger partial charge in [0.1, 0.15) is 5.82 Å². The van der Waals surface area contributed by atoms with Crippen LogP contribution in [0.15, 0.2) is 24.4 Å². The van der Waals surface area contributed by atoms with Gasteiger partial charge in [-0.2, -0.15) is 0 Å². The number of nitrogens with one attached hydrogen (secondary N) is 2. The Bertz CT molecular complexity index is 515. The number of carbonyl (C=O) groups is 1. The molecule has 6 nitrogen and oxygen atoms in total. The number of carbonyl (C=O) groups excluding carboxylic acids is 1. The van der Waals surface area contributed by atoms with Gasteiger partial charge in [0.05, 0.1) is 0 Å². The third-order valence-corrected chi connectivity index (χ3v) is 5.17. The van der Waals surface area contributed by atoms with Gasteiger partial charge in [-0.25, -0.2) is 4.98 Å². The van der Waals surface area contributed by atoms with Crippen molar-refractivity contribution in [2.45, 2.75) is 25.8 Å². The molecule has 0 spiro atoms. The predicted molar refractivity (Wildman–Crippen MR) is 96.1 cm³/mol. The molecule has 2 atom stereocenters. The molecule has 132 valence electrons. The second-order valence-corrected chi connectivity index (χ2v) is 6.91. The maximum Gasteiger partial charge on any atom is 0.221 e. The number of piperazine rings is 1. The number of hydrogen-bond acceptors (Lipinski definition) is 5. The van der Waals surface area contributed by atoms with Crippen LogP contribution in [0.1, 0.15) is 19.8 Å². The molecule has 3 heterocycles. The van der Waals surface area contributed by atoms with Gasteiger partial charge < -0.3 is 15.5 Å². The molecule has 1 aromatic heterocycles. The molecule has 0 radical (unpaired) electrons. The number of piperidine rings is 1. The molecular weight excluding hydrogens is 302 g/mol. The first-order valence-electron chi connectivity index (χ1n) is 9.11. The molecule has 0 saturated carbocycles. The highest BCUT2D eigenvalue weighted by atomic mass is 16.1. The molecule has 2 saturated heterocycles. The Hall–Kier alpha value is -1.66. The van der Waals surface area contributed by atoms with Gasteiger partial charge in [0, 0.05) is 57.9 Å². The fourth-order valence-corrected chi connectivity index (χ4v) is 3.46. The summed E-state index contributed by atoms with van der Waals surface area (Å²) in [5, 5.41) is 6.55. The third-order valence-electron chi connectivity index (χ3n) is 5.17. The van der Waals surface area contributed by atoms with Gasteiger partial charge in [-0.05, 0) is 31.0 Å². The fraction of sp³-hybridized carbons (Fsp3) is 0.667. The predicted octanol–water partition coefficient (Wildman–Crippen LogP) is 0.708. The van der Waals surface area contributed by atoms with E-state index < -0.39 is 0 Å². The fourth-order valence-electron chi connectivity index (χ4n) is 3.46. The van der Waals surface area contributed by atoms with Gasteiger partial charge in [-0.15, -0.1) is 0 Å². The monoisotopic (exact) mass is 331 g/mol. The van der Waals surface area contributed by atoms with E-state index in [-0.39, 0.29) is 11.9 Å². The molecule has 1 amide bonds. The van der Waals surface area contributed by atoms with Crippen LogP contribution >= 0.6 is 0 Å². The van der Waals surface area contributed by atoms with Crippen molar-refractivity contribution in [3.63, 3.8) is 0 Å². The molecule has 2 aliphatic rings. The lowest BCUT2D eigenvalue weighted by Crippen LogP contribution is -2.51. The Morgan fingerprint density at radius 3 is 2.88 bits per heavy atom. The number of pyridine rings is 1. The summed E-state index contributed by atoms with van der Waals surface area (Å²) in [5.41, 5.74) is 0. The molecular formula is C18H29N5O. The van der Waals surface area contributed by atoms with Crippen molar-refractivity contribution >= 4 is 11.7 Å². The van der Waals surface area contributed by atoms with E-state index >= 15 is 0 Å². The molecule has 6 heteroatoms. The van der Waals surface area contributed by atoms with Crippen LogP contribution in [0, 0.1) is 5.92 Å². The zero-order valence-corrected chi connectivity index (χ0v) is 14.6. The highest BCUT2D eigenvalue weighted by Gasteiger charge is 2.23. The summed E-state index contributed by atoms with van der Waals surface area (Å²) in [6.07, 6.45) is 3.57. The van der Waals surface area contributed by atoms with Crippen LogP contribution in [-0.2, 0) is 4.79 Å². The first kappa shape index (κ1) is 17.2. The van der Waals surface area contributed by atoms with Crippen molar-refractivity contribution < 1.29 is 4.79 Å². The van der Waals surface area contributed by atoms with Gasteiger partial charge in [-0.3, -0.25) is 9.69 Å². The molecule has 2 fully saturated rings. The van der Waals surface area contributed by atoms with E-state index in [4.69, 9.17) is 0 Å². The lowest BCUT2D eigenvalue weighted by atomic mass is 9.95. The number of rotatable bonds is 5. The quantitative estimate of drug-likeness (QED) is 0.832. The molecule has 1 aromatic rings. The van der Waals surface area contributed by atoms with E-state index in [0.29, 0.717) is 12.3 Å². The van der Waals surface area contributed by atoms with E-state index in [9.17, 15) is 4.79 Å². The van der Waals surface area contributed by atoms with Crippen molar-refractivity contribution in [2.75, 3.05) is 50.7 Å². The SMILES string of the molecule is CC1CCNCC1NC(=O)CCN1CCN(c2ccccn2)CC1.